The number of carbonyl (C=O) groups excluding carboxylic acids is 1. The van der Waals surface area contributed by atoms with Crippen LogP contribution in [0.15, 0.2) is 6.07 Å². The van der Waals surface area contributed by atoms with Crippen molar-refractivity contribution in [1.82, 2.24) is 5.32 Å². The summed E-state index contributed by atoms with van der Waals surface area (Å²) < 4.78 is 25.6. The molecule has 1 amide bonds. The molecule has 20 heavy (non-hydrogen) atoms. The molecule has 0 aliphatic rings. The third-order valence-electron chi connectivity index (χ3n) is 2.84. The zero-order chi connectivity index (χ0) is 14.5. The average molecular weight is 327 g/mol. The fourth-order valence-corrected chi connectivity index (χ4v) is 2.74. The fourth-order valence-electron chi connectivity index (χ4n) is 1.76. The highest BCUT2D eigenvalue weighted by molar-refractivity contribution is 7.12. The van der Waals surface area contributed by atoms with Crippen molar-refractivity contribution in [3.8, 4) is 0 Å². The summed E-state index contributed by atoms with van der Waals surface area (Å²) in [5, 5.41) is 2.21. The number of aryl methyl sites for hydroxylation is 3. The molecule has 0 radical (unpaired) electrons. The number of alkyl halides is 2. The van der Waals surface area contributed by atoms with Gasteiger partial charge < -0.3 is 11.1 Å². The Kier molecular flexibility index (Phi) is 8.23. The predicted octanol–water partition coefficient (Wildman–Crippen LogP) is 2.82. The summed E-state index contributed by atoms with van der Waals surface area (Å²) in [7, 11) is 0. The lowest BCUT2D eigenvalue weighted by molar-refractivity contribution is -0.122. The summed E-state index contributed by atoms with van der Waals surface area (Å²) in [4.78, 5) is 13.9. The predicted molar refractivity (Wildman–Crippen MR) is 81.0 cm³/mol. The van der Waals surface area contributed by atoms with E-state index in [0.717, 1.165) is 6.42 Å². The molecule has 0 aliphatic carbocycles. The largest absolute Gasteiger partial charge is 0.350 e. The first-order valence-electron chi connectivity index (χ1n) is 6.24. The maximum Gasteiger partial charge on any atom is 0.277 e. The maximum atomic E-state index is 12.8. The van der Waals surface area contributed by atoms with Crippen molar-refractivity contribution in [2.45, 2.75) is 39.0 Å². The molecule has 0 aliphatic heterocycles. The first-order chi connectivity index (χ1) is 8.84. The molecule has 116 valence electrons. The van der Waals surface area contributed by atoms with Gasteiger partial charge in [-0.25, -0.2) is 8.78 Å². The maximum absolute atomic E-state index is 12.8. The van der Waals surface area contributed by atoms with Crippen LogP contribution in [0, 0.1) is 13.8 Å². The van der Waals surface area contributed by atoms with E-state index in [9.17, 15) is 13.6 Å². The molecule has 1 rings (SSSR count). The zero-order valence-corrected chi connectivity index (χ0v) is 13.3. The molecular weight excluding hydrogens is 306 g/mol. The van der Waals surface area contributed by atoms with Crippen LogP contribution < -0.4 is 11.1 Å². The van der Waals surface area contributed by atoms with E-state index in [-0.39, 0.29) is 24.7 Å². The van der Waals surface area contributed by atoms with Gasteiger partial charge in [0.15, 0.2) is 0 Å². The number of nitrogens with one attached hydrogen (secondary N) is 1. The summed E-state index contributed by atoms with van der Waals surface area (Å²) in [6.45, 7) is 2.66. The molecule has 0 aromatic carbocycles. The van der Waals surface area contributed by atoms with Crippen LogP contribution in [-0.2, 0) is 11.2 Å². The second kappa shape index (κ2) is 8.54. The Labute approximate surface area is 128 Å². The number of hydrogen-bond donors (Lipinski definition) is 2. The van der Waals surface area contributed by atoms with Gasteiger partial charge in [0.2, 0.25) is 5.91 Å². The zero-order valence-electron chi connectivity index (χ0n) is 11.7. The number of carbonyl (C=O) groups is 1. The summed E-state index contributed by atoms with van der Waals surface area (Å²) in [6, 6.07) is 2.11. The lowest BCUT2D eigenvalue weighted by Crippen LogP contribution is -2.41. The van der Waals surface area contributed by atoms with Crippen LogP contribution in [0.25, 0.3) is 0 Å². The fraction of sp³-hybridized carbons (Fsp3) is 0.615. The number of thiophene rings is 1. The topological polar surface area (TPSA) is 55.1 Å². The van der Waals surface area contributed by atoms with Crippen LogP contribution in [0.4, 0.5) is 8.78 Å². The van der Waals surface area contributed by atoms with E-state index in [2.05, 4.69) is 18.3 Å². The first kappa shape index (κ1) is 19.3. The van der Waals surface area contributed by atoms with Gasteiger partial charge in [-0.2, -0.15) is 0 Å². The highest BCUT2D eigenvalue weighted by Gasteiger charge is 2.26. The molecule has 0 spiro atoms. The van der Waals surface area contributed by atoms with Gasteiger partial charge in [0.1, 0.15) is 0 Å². The molecule has 0 bridgehead atoms. The minimum Gasteiger partial charge on any atom is -0.350 e. The Morgan fingerprint density at radius 2 is 2.10 bits per heavy atom. The molecule has 0 atom stereocenters. The Morgan fingerprint density at radius 3 is 2.60 bits per heavy atom. The standard InChI is InChI=1S/C13H20F2N2OS.ClH/c1-9-6-11(10(2)19-9)4-3-5-12(18)17-8-13(14,15)7-16;/h6H,3-5,7-8,16H2,1-2H3,(H,17,18);1H. The molecule has 0 saturated heterocycles. The number of hydrogen-bond acceptors (Lipinski definition) is 3. The number of rotatable bonds is 7. The quantitative estimate of drug-likeness (QED) is 0.809. The van der Waals surface area contributed by atoms with Gasteiger partial charge in [-0.05, 0) is 38.3 Å². The van der Waals surface area contributed by atoms with E-state index in [4.69, 9.17) is 5.73 Å². The lowest BCUT2D eigenvalue weighted by atomic mass is 10.1. The molecule has 1 aromatic heterocycles. The third-order valence-corrected chi connectivity index (χ3v) is 3.84. The number of amides is 1. The number of nitrogens with two attached hydrogens (primary N) is 1. The summed E-state index contributed by atoms with van der Waals surface area (Å²) >= 11 is 1.73. The summed E-state index contributed by atoms with van der Waals surface area (Å²) in [5.74, 6) is -3.37. The van der Waals surface area contributed by atoms with Gasteiger partial charge in [-0.3, -0.25) is 4.79 Å². The van der Waals surface area contributed by atoms with Gasteiger partial charge >= 0.3 is 0 Å². The smallest absolute Gasteiger partial charge is 0.277 e. The van der Waals surface area contributed by atoms with Gasteiger partial charge in [0, 0.05) is 16.2 Å². The molecule has 0 fully saturated rings. The van der Waals surface area contributed by atoms with Crippen LogP contribution >= 0.6 is 23.7 Å². The Hall–Kier alpha value is -0.720. The number of halogens is 3. The minimum atomic E-state index is -3.02. The van der Waals surface area contributed by atoms with Crippen molar-refractivity contribution in [3.63, 3.8) is 0 Å². The molecular formula is C13H21ClF2N2OS. The van der Waals surface area contributed by atoms with Crippen molar-refractivity contribution >= 4 is 29.7 Å². The van der Waals surface area contributed by atoms with Crippen LogP contribution in [-0.4, -0.2) is 24.9 Å². The van der Waals surface area contributed by atoms with E-state index < -0.39 is 19.0 Å². The minimum absolute atomic E-state index is 0. The van der Waals surface area contributed by atoms with Crippen molar-refractivity contribution in [2.75, 3.05) is 13.1 Å². The van der Waals surface area contributed by atoms with Crippen LogP contribution in [0.3, 0.4) is 0 Å². The second-order valence-electron chi connectivity index (χ2n) is 4.63. The highest BCUT2D eigenvalue weighted by atomic mass is 35.5. The van der Waals surface area contributed by atoms with Crippen LogP contribution in [0.5, 0.6) is 0 Å². The molecule has 7 heteroatoms. The third kappa shape index (κ3) is 6.63. The Balaban J connectivity index is 0.00000361. The molecule has 1 heterocycles. The van der Waals surface area contributed by atoms with E-state index in [1.54, 1.807) is 11.3 Å². The molecule has 3 nitrogen and oxygen atoms in total. The molecule has 3 N–H and O–H groups in total. The normalized spacial score (nSPS) is 11.1. The van der Waals surface area contributed by atoms with E-state index in [1.807, 2.05) is 6.92 Å². The van der Waals surface area contributed by atoms with Gasteiger partial charge in [0.05, 0.1) is 13.1 Å². The van der Waals surface area contributed by atoms with Crippen LogP contribution in [0.2, 0.25) is 0 Å². The molecule has 1 aromatic rings. The van der Waals surface area contributed by atoms with E-state index >= 15 is 0 Å². The highest BCUT2D eigenvalue weighted by Crippen LogP contribution is 2.22. The van der Waals surface area contributed by atoms with Crippen molar-refractivity contribution in [1.29, 1.82) is 0 Å². The summed E-state index contributed by atoms with van der Waals surface area (Å²) in [5.41, 5.74) is 6.13. The van der Waals surface area contributed by atoms with Crippen molar-refractivity contribution in [2.24, 2.45) is 5.73 Å². The average Bonchev–Trinajstić information content (AvgIpc) is 2.66. The van der Waals surface area contributed by atoms with Gasteiger partial charge in [-0.1, -0.05) is 0 Å². The van der Waals surface area contributed by atoms with Crippen molar-refractivity contribution < 1.29 is 13.6 Å². The monoisotopic (exact) mass is 326 g/mol. The van der Waals surface area contributed by atoms with Gasteiger partial charge in [-0.15, -0.1) is 23.7 Å². The SMILES string of the molecule is Cc1cc(CCCC(=O)NCC(F)(F)CN)c(C)s1.Cl. The van der Waals surface area contributed by atoms with E-state index in [1.165, 1.54) is 15.3 Å². The Morgan fingerprint density at radius 1 is 1.45 bits per heavy atom. The first-order valence-corrected chi connectivity index (χ1v) is 7.06. The lowest BCUT2D eigenvalue weighted by Gasteiger charge is -2.14. The molecule has 0 saturated carbocycles. The van der Waals surface area contributed by atoms with Crippen molar-refractivity contribution in [3.05, 3.63) is 21.4 Å². The molecule has 0 unspecified atom stereocenters. The second-order valence-corrected chi connectivity index (χ2v) is 6.09. The van der Waals surface area contributed by atoms with E-state index in [0.29, 0.717) is 6.42 Å². The van der Waals surface area contributed by atoms with Gasteiger partial charge in [0.25, 0.3) is 5.92 Å². The van der Waals surface area contributed by atoms with Crippen LogP contribution in [0.1, 0.15) is 28.2 Å². The Bertz CT molecular complexity index is 438. The summed E-state index contributed by atoms with van der Waals surface area (Å²) in [6.07, 6.45) is 1.73.